The lowest BCUT2D eigenvalue weighted by Gasteiger charge is -2.16. The monoisotopic (exact) mass is 201 g/mol. The molecule has 1 saturated heterocycles. The third-order valence-corrected chi connectivity index (χ3v) is 2.65. The Balaban J connectivity index is 2.08. The number of ether oxygens (including phenoxy) is 2. The molecular formula is C11H23NO2. The summed E-state index contributed by atoms with van der Waals surface area (Å²) in [7, 11) is 1.76. The normalized spacial score (nSPS) is 23.6. The summed E-state index contributed by atoms with van der Waals surface area (Å²) in [6, 6.07) is 0. The Bertz CT molecular complexity index is 150. The number of hydrogen-bond acceptors (Lipinski definition) is 3. The van der Waals surface area contributed by atoms with E-state index in [2.05, 4.69) is 18.7 Å². The molecule has 0 radical (unpaired) electrons. The smallest absolute Gasteiger partial charge is 0.0589 e. The van der Waals surface area contributed by atoms with Gasteiger partial charge in [-0.3, -0.25) is 0 Å². The Morgan fingerprint density at radius 3 is 2.86 bits per heavy atom. The van der Waals surface area contributed by atoms with Gasteiger partial charge < -0.3 is 14.4 Å². The summed E-state index contributed by atoms with van der Waals surface area (Å²) < 4.78 is 10.7. The molecule has 3 nitrogen and oxygen atoms in total. The van der Waals surface area contributed by atoms with Crippen LogP contribution in [0.2, 0.25) is 0 Å². The Labute approximate surface area is 87.4 Å². The molecule has 0 aromatic heterocycles. The van der Waals surface area contributed by atoms with E-state index in [0.29, 0.717) is 6.10 Å². The highest BCUT2D eigenvalue weighted by Gasteiger charge is 2.22. The molecular weight excluding hydrogens is 178 g/mol. The van der Waals surface area contributed by atoms with Crippen molar-refractivity contribution in [1.29, 1.82) is 0 Å². The molecule has 1 heterocycles. The minimum absolute atomic E-state index is 0.364. The lowest BCUT2D eigenvalue weighted by Crippen LogP contribution is -2.26. The van der Waals surface area contributed by atoms with E-state index < -0.39 is 0 Å². The van der Waals surface area contributed by atoms with Crippen LogP contribution in [0.3, 0.4) is 0 Å². The van der Waals surface area contributed by atoms with Gasteiger partial charge in [-0.2, -0.15) is 0 Å². The van der Waals surface area contributed by atoms with Crippen molar-refractivity contribution in [3.05, 3.63) is 0 Å². The van der Waals surface area contributed by atoms with E-state index in [9.17, 15) is 0 Å². The standard InChI is InChI=1S/C11H23NO2/c1-10(2)14-9-11-4-5-12(8-11)6-7-13-3/h10-11H,4-9H2,1-3H3. The van der Waals surface area contributed by atoms with Crippen molar-refractivity contribution in [2.75, 3.05) is 40.0 Å². The first kappa shape index (κ1) is 12.0. The van der Waals surface area contributed by atoms with Crippen molar-refractivity contribution in [1.82, 2.24) is 4.90 Å². The SMILES string of the molecule is COCCN1CCC(COC(C)C)C1. The Morgan fingerprint density at radius 1 is 1.43 bits per heavy atom. The van der Waals surface area contributed by atoms with Crippen LogP contribution in [0.1, 0.15) is 20.3 Å². The van der Waals surface area contributed by atoms with E-state index in [1.54, 1.807) is 7.11 Å². The summed E-state index contributed by atoms with van der Waals surface area (Å²) in [5.41, 5.74) is 0. The maximum atomic E-state index is 5.62. The maximum absolute atomic E-state index is 5.62. The second kappa shape index (κ2) is 6.38. The van der Waals surface area contributed by atoms with Gasteiger partial charge >= 0.3 is 0 Å². The molecule has 0 N–H and O–H groups in total. The minimum Gasteiger partial charge on any atom is -0.383 e. The lowest BCUT2D eigenvalue weighted by molar-refractivity contribution is 0.0522. The first-order chi connectivity index (χ1) is 6.72. The van der Waals surface area contributed by atoms with Crippen LogP contribution in [0.25, 0.3) is 0 Å². The summed E-state index contributed by atoms with van der Waals surface area (Å²) in [6.07, 6.45) is 1.64. The van der Waals surface area contributed by atoms with Gasteiger partial charge in [0.25, 0.3) is 0 Å². The molecule has 84 valence electrons. The van der Waals surface area contributed by atoms with Crippen LogP contribution >= 0.6 is 0 Å². The fourth-order valence-electron chi connectivity index (χ4n) is 1.80. The average molecular weight is 201 g/mol. The Hall–Kier alpha value is -0.120. The zero-order valence-corrected chi connectivity index (χ0v) is 9.66. The largest absolute Gasteiger partial charge is 0.383 e. The first-order valence-corrected chi connectivity index (χ1v) is 5.55. The van der Waals surface area contributed by atoms with Crippen molar-refractivity contribution in [3.8, 4) is 0 Å². The number of methoxy groups -OCH3 is 1. The number of nitrogens with zero attached hydrogens (tertiary/aromatic N) is 1. The second-order valence-electron chi connectivity index (χ2n) is 4.33. The number of rotatable bonds is 6. The van der Waals surface area contributed by atoms with Crippen molar-refractivity contribution < 1.29 is 9.47 Å². The van der Waals surface area contributed by atoms with E-state index >= 15 is 0 Å². The number of hydrogen-bond donors (Lipinski definition) is 0. The van der Waals surface area contributed by atoms with Gasteiger partial charge in [0.15, 0.2) is 0 Å². The fraction of sp³-hybridized carbons (Fsp3) is 1.00. The highest BCUT2D eigenvalue weighted by atomic mass is 16.5. The quantitative estimate of drug-likeness (QED) is 0.648. The average Bonchev–Trinajstić information content (AvgIpc) is 2.59. The Morgan fingerprint density at radius 2 is 2.21 bits per heavy atom. The second-order valence-corrected chi connectivity index (χ2v) is 4.33. The lowest BCUT2D eigenvalue weighted by atomic mass is 10.1. The van der Waals surface area contributed by atoms with Gasteiger partial charge in [-0.25, -0.2) is 0 Å². The van der Waals surface area contributed by atoms with E-state index in [0.717, 1.165) is 25.7 Å². The van der Waals surface area contributed by atoms with Crippen molar-refractivity contribution in [2.24, 2.45) is 5.92 Å². The molecule has 1 fully saturated rings. The van der Waals surface area contributed by atoms with E-state index in [-0.39, 0.29) is 0 Å². The summed E-state index contributed by atoms with van der Waals surface area (Å²) in [5.74, 6) is 0.731. The van der Waals surface area contributed by atoms with Gasteiger partial charge in [0.2, 0.25) is 0 Å². The van der Waals surface area contributed by atoms with Crippen LogP contribution < -0.4 is 0 Å². The summed E-state index contributed by atoms with van der Waals surface area (Å²) in [4.78, 5) is 2.46. The topological polar surface area (TPSA) is 21.7 Å². The highest BCUT2D eigenvalue weighted by Crippen LogP contribution is 2.16. The molecule has 1 unspecified atom stereocenters. The maximum Gasteiger partial charge on any atom is 0.0589 e. The zero-order chi connectivity index (χ0) is 10.4. The Kier molecular flexibility index (Phi) is 5.45. The van der Waals surface area contributed by atoms with E-state index in [4.69, 9.17) is 9.47 Å². The zero-order valence-electron chi connectivity index (χ0n) is 9.66. The van der Waals surface area contributed by atoms with Crippen LogP contribution in [-0.2, 0) is 9.47 Å². The fourth-order valence-corrected chi connectivity index (χ4v) is 1.80. The van der Waals surface area contributed by atoms with E-state index in [1.165, 1.54) is 19.5 Å². The van der Waals surface area contributed by atoms with Gasteiger partial charge in [-0.05, 0) is 32.7 Å². The molecule has 0 aromatic carbocycles. The molecule has 3 heteroatoms. The van der Waals surface area contributed by atoms with Crippen molar-refractivity contribution >= 4 is 0 Å². The van der Waals surface area contributed by atoms with Crippen LogP contribution in [0.5, 0.6) is 0 Å². The molecule has 0 amide bonds. The minimum atomic E-state index is 0.364. The van der Waals surface area contributed by atoms with Gasteiger partial charge in [0, 0.05) is 20.2 Å². The molecule has 1 rings (SSSR count). The van der Waals surface area contributed by atoms with Crippen molar-refractivity contribution in [2.45, 2.75) is 26.4 Å². The summed E-state index contributed by atoms with van der Waals surface area (Å²) in [5, 5.41) is 0. The molecule has 1 aliphatic heterocycles. The van der Waals surface area contributed by atoms with Gasteiger partial charge in [0.1, 0.15) is 0 Å². The molecule has 0 saturated carbocycles. The third-order valence-electron chi connectivity index (χ3n) is 2.65. The van der Waals surface area contributed by atoms with Crippen LogP contribution in [-0.4, -0.2) is 51.0 Å². The van der Waals surface area contributed by atoms with Crippen LogP contribution in [0.4, 0.5) is 0 Å². The molecule has 0 aliphatic carbocycles. The van der Waals surface area contributed by atoms with Gasteiger partial charge in [-0.1, -0.05) is 0 Å². The predicted molar refractivity (Wildman–Crippen MR) is 57.5 cm³/mol. The highest BCUT2D eigenvalue weighted by molar-refractivity contribution is 4.75. The van der Waals surface area contributed by atoms with Crippen molar-refractivity contribution in [3.63, 3.8) is 0 Å². The molecule has 1 aliphatic rings. The molecule has 0 aromatic rings. The van der Waals surface area contributed by atoms with Crippen LogP contribution in [0, 0.1) is 5.92 Å². The molecule has 1 atom stereocenters. The summed E-state index contributed by atoms with van der Waals surface area (Å²) >= 11 is 0. The predicted octanol–water partition coefficient (Wildman–Crippen LogP) is 1.38. The summed E-state index contributed by atoms with van der Waals surface area (Å²) in [6.45, 7) is 9.40. The van der Waals surface area contributed by atoms with Gasteiger partial charge in [0.05, 0.1) is 19.3 Å². The first-order valence-electron chi connectivity index (χ1n) is 5.55. The van der Waals surface area contributed by atoms with Gasteiger partial charge in [-0.15, -0.1) is 0 Å². The number of likely N-dealkylation sites (tertiary alicyclic amines) is 1. The van der Waals surface area contributed by atoms with Crippen LogP contribution in [0.15, 0.2) is 0 Å². The molecule has 14 heavy (non-hydrogen) atoms. The molecule has 0 spiro atoms. The molecule has 0 bridgehead atoms. The van der Waals surface area contributed by atoms with E-state index in [1.807, 2.05) is 0 Å². The third kappa shape index (κ3) is 4.40.